The predicted molar refractivity (Wildman–Crippen MR) is 70.9 cm³/mol. The highest BCUT2D eigenvalue weighted by Crippen LogP contribution is 2.22. The van der Waals surface area contributed by atoms with Gasteiger partial charge in [-0.1, -0.05) is 0 Å². The molecular weight excluding hydrogens is 375 g/mol. The van der Waals surface area contributed by atoms with Gasteiger partial charge >= 0.3 is 6.03 Å². The first kappa shape index (κ1) is 12.2. The Morgan fingerprint density at radius 1 is 1.53 bits per heavy atom. The molecule has 0 aliphatic heterocycles. The number of anilines is 1. The maximum Gasteiger partial charge on any atom is 0.318 e. The number of carbonyl (C=O) groups is 1. The van der Waals surface area contributed by atoms with Crippen molar-refractivity contribution in [2.45, 2.75) is 0 Å². The summed E-state index contributed by atoms with van der Waals surface area (Å²) in [5, 5.41) is 12.2. The summed E-state index contributed by atoms with van der Waals surface area (Å²) in [5.74, 6) is -0.152. The second kappa shape index (κ2) is 5.31. The maximum absolute atomic E-state index is 10.4. The minimum absolute atomic E-state index is 0.152. The molecule has 0 saturated carbocycles. The first-order valence-corrected chi connectivity index (χ1v) is 5.73. The van der Waals surface area contributed by atoms with Crippen LogP contribution in [0.3, 0.4) is 0 Å². The Morgan fingerprint density at radius 3 is 2.73 bits per heavy atom. The Kier molecular flexibility index (Phi) is 4.33. The number of nitrogens with one attached hydrogen (secondary N) is 3. The van der Waals surface area contributed by atoms with E-state index in [2.05, 4.69) is 49.2 Å². The van der Waals surface area contributed by atoms with Crippen LogP contribution in [0.2, 0.25) is 0 Å². The van der Waals surface area contributed by atoms with Crippen molar-refractivity contribution in [1.29, 1.82) is 5.41 Å². The van der Waals surface area contributed by atoms with Gasteiger partial charge in [-0.2, -0.15) is 0 Å². The number of amides is 2. The van der Waals surface area contributed by atoms with Gasteiger partial charge < -0.3 is 11.1 Å². The summed E-state index contributed by atoms with van der Waals surface area (Å²) in [5.41, 5.74) is 5.57. The van der Waals surface area contributed by atoms with E-state index in [0.717, 1.165) is 8.04 Å². The molecule has 0 saturated heterocycles. The summed E-state index contributed by atoms with van der Waals surface area (Å²) in [6.07, 6.45) is 0. The van der Waals surface area contributed by atoms with E-state index in [1.54, 1.807) is 6.07 Å². The fourth-order valence-electron chi connectivity index (χ4n) is 0.873. The molecule has 0 aliphatic carbocycles. The lowest BCUT2D eigenvalue weighted by molar-refractivity contribution is 0.253. The molecule has 2 amide bonds. The zero-order valence-electron chi connectivity index (χ0n) is 7.47. The lowest BCUT2D eigenvalue weighted by Gasteiger charge is -2.08. The van der Waals surface area contributed by atoms with Crippen LogP contribution in [0, 0.1) is 8.98 Å². The van der Waals surface area contributed by atoms with E-state index in [9.17, 15) is 4.79 Å². The highest BCUT2D eigenvalue weighted by Gasteiger charge is 2.02. The summed E-state index contributed by atoms with van der Waals surface area (Å²) in [4.78, 5) is 10.4. The van der Waals surface area contributed by atoms with Gasteiger partial charge in [0.25, 0.3) is 0 Å². The van der Waals surface area contributed by atoms with Gasteiger partial charge in [0, 0.05) is 13.7 Å². The van der Waals surface area contributed by atoms with Gasteiger partial charge in [0.2, 0.25) is 5.96 Å². The highest BCUT2D eigenvalue weighted by molar-refractivity contribution is 14.1. The van der Waals surface area contributed by atoms with Crippen molar-refractivity contribution >= 4 is 56.2 Å². The van der Waals surface area contributed by atoms with Crippen LogP contribution in [-0.4, -0.2) is 12.0 Å². The van der Waals surface area contributed by atoms with Crippen LogP contribution in [0.15, 0.2) is 22.7 Å². The van der Waals surface area contributed by atoms with Gasteiger partial charge in [-0.05, 0) is 56.7 Å². The van der Waals surface area contributed by atoms with Crippen LogP contribution in [0.1, 0.15) is 0 Å². The number of hydrogen-bond acceptors (Lipinski definition) is 2. The number of primary amides is 1. The normalized spacial score (nSPS) is 9.47. The SMILES string of the molecule is N=C(NC(N)=O)Nc1ccc(Br)c(I)c1. The number of guanidine groups is 1. The van der Waals surface area contributed by atoms with Crippen molar-refractivity contribution in [1.82, 2.24) is 5.32 Å². The van der Waals surface area contributed by atoms with E-state index >= 15 is 0 Å². The van der Waals surface area contributed by atoms with Gasteiger partial charge in [-0.3, -0.25) is 10.7 Å². The molecule has 5 N–H and O–H groups in total. The quantitative estimate of drug-likeness (QED) is 0.340. The topological polar surface area (TPSA) is 91.0 Å². The second-order valence-corrected chi connectivity index (χ2v) is 4.63. The Balaban J connectivity index is 2.69. The van der Waals surface area contributed by atoms with E-state index in [0.29, 0.717) is 5.69 Å². The largest absolute Gasteiger partial charge is 0.351 e. The Labute approximate surface area is 109 Å². The van der Waals surface area contributed by atoms with Crippen molar-refractivity contribution in [2.24, 2.45) is 5.73 Å². The molecule has 1 rings (SSSR count). The van der Waals surface area contributed by atoms with Gasteiger partial charge in [-0.15, -0.1) is 0 Å². The van der Waals surface area contributed by atoms with Crippen molar-refractivity contribution in [3.63, 3.8) is 0 Å². The van der Waals surface area contributed by atoms with Crippen molar-refractivity contribution in [3.05, 3.63) is 26.2 Å². The molecule has 0 bridgehead atoms. The minimum Gasteiger partial charge on any atom is -0.351 e. The minimum atomic E-state index is -0.765. The zero-order chi connectivity index (χ0) is 11.4. The van der Waals surface area contributed by atoms with Crippen LogP contribution in [-0.2, 0) is 0 Å². The standard InChI is InChI=1S/C8H8BrIN4O/c9-5-2-1-4(3-6(5)10)13-7(11)14-8(12)15/h1-3H,(H5,11,12,13,14,15). The van der Waals surface area contributed by atoms with Crippen molar-refractivity contribution < 1.29 is 4.79 Å². The smallest absolute Gasteiger partial charge is 0.318 e. The Bertz CT molecular complexity index is 410. The number of urea groups is 1. The molecule has 0 atom stereocenters. The molecule has 0 aliphatic rings. The zero-order valence-corrected chi connectivity index (χ0v) is 11.2. The summed E-state index contributed by atoms with van der Waals surface area (Å²) < 4.78 is 1.98. The molecule has 1 aromatic carbocycles. The molecular formula is C8H8BrIN4O. The molecule has 0 fully saturated rings. The molecule has 0 spiro atoms. The molecule has 0 unspecified atom stereocenters. The molecule has 15 heavy (non-hydrogen) atoms. The van der Waals surface area contributed by atoms with Crippen molar-refractivity contribution in [3.8, 4) is 0 Å². The van der Waals surface area contributed by atoms with E-state index in [1.807, 2.05) is 12.1 Å². The van der Waals surface area contributed by atoms with E-state index in [1.165, 1.54) is 0 Å². The molecule has 0 heterocycles. The molecule has 7 heteroatoms. The predicted octanol–water partition coefficient (Wildman–Crippen LogP) is 2.07. The number of rotatable bonds is 1. The van der Waals surface area contributed by atoms with Gasteiger partial charge in [0.1, 0.15) is 0 Å². The molecule has 5 nitrogen and oxygen atoms in total. The van der Waals surface area contributed by atoms with Gasteiger partial charge in [0.15, 0.2) is 0 Å². The third-order valence-electron chi connectivity index (χ3n) is 1.44. The fraction of sp³-hybridized carbons (Fsp3) is 0. The monoisotopic (exact) mass is 382 g/mol. The van der Waals surface area contributed by atoms with Crippen LogP contribution in [0.4, 0.5) is 10.5 Å². The van der Waals surface area contributed by atoms with Gasteiger partial charge in [-0.25, -0.2) is 4.79 Å². The van der Waals surface area contributed by atoms with Crippen LogP contribution >= 0.6 is 38.5 Å². The van der Waals surface area contributed by atoms with Crippen molar-refractivity contribution in [2.75, 3.05) is 5.32 Å². The van der Waals surface area contributed by atoms with Crippen LogP contribution < -0.4 is 16.4 Å². The lowest BCUT2D eigenvalue weighted by Crippen LogP contribution is -2.38. The lowest BCUT2D eigenvalue weighted by atomic mass is 10.3. The number of halogens is 2. The van der Waals surface area contributed by atoms with Crippen LogP contribution in [0.25, 0.3) is 0 Å². The third-order valence-corrected chi connectivity index (χ3v) is 3.76. The first-order valence-electron chi connectivity index (χ1n) is 3.86. The number of benzene rings is 1. The van der Waals surface area contributed by atoms with Gasteiger partial charge in [0.05, 0.1) is 0 Å². The van der Waals surface area contributed by atoms with E-state index in [4.69, 9.17) is 11.1 Å². The summed E-state index contributed by atoms with van der Waals surface area (Å²) in [6, 6.07) is 4.70. The summed E-state index contributed by atoms with van der Waals surface area (Å²) >= 11 is 5.51. The summed E-state index contributed by atoms with van der Waals surface area (Å²) in [7, 11) is 0. The third kappa shape index (κ3) is 4.04. The number of hydrogen-bond donors (Lipinski definition) is 4. The molecule has 80 valence electrons. The Morgan fingerprint density at radius 2 is 2.20 bits per heavy atom. The average molecular weight is 383 g/mol. The Hall–Kier alpha value is -0.830. The first-order chi connectivity index (χ1) is 6.99. The highest BCUT2D eigenvalue weighted by atomic mass is 127. The number of carbonyl (C=O) groups excluding carboxylic acids is 1. The average Bonchev–Trinajstić information content (AvgIpc) is 2.10. The van der Waals surface area contributed by atoms with E-state index < -0.39 is 6.03 Å². The van der Waals surface area contributed by atoms with Crippen LogP contribution in [0.5, 0.6) is 0 Å². The molecule has 0 radical (unpaired) electrons. The maximum atomic E-state index is 10.4. The number of nitrogens with two attached hydrogens (primary N) is 1. The summed E-state index contributed by atoms with van der Waals surface area (Å²) in [6.45, 7) is 0. The van der Waals surface area contributed by atoms with E-state index in [-0.39, 0.29) is 5.96 Å². The molecule has 0 aromatic heterocycles. The fourth-order valence-corrected chi connectivity index (χ4v) is 1.63. The second-order valence-electron chi connectivity index (χ2n) is 2.62. The molecule has 1 aromatic rings.